The predicted octanol–water partition coefficient (Wildman–Crippen LogP) is 3.27. The van der Waals surface area contributed by atoms with Crippen molar-refractivity contribution in [3.63, 3.8) is 0 Å². The molecule has 0 aromatic carbocycles. The lowest BCUT2D eigenvalue weighted by Gasteiger charge is -2.19. The van der Waals surface area contributed by atoms with Crippen LogP contribution in [0.15, 0.2) is 41.5 Å². The number of nitrogens with one attached hydrogen (secondary N) is 1. The lowest BCUT2D eigenvalue weighted by molar-refractivity contribution is 0.517. The molecule has 1 unspecified atom stereocenters. The SMILES string of the molecule is CCCNC(Cc1ccoc1)c1cnccc1C. The van der Waals surface area contributed by atoms with Crippen LogP contribution in [0.5, 0.6) is 0 Å². The standard InChI is InChI=1S/C15H20N2O/c1-3-6-17-15(9-13-5-8-18-11-13)14-10-16-7-4-12(14)2/h4-5,7-8,10-11,15,17H,3,6,9H2,1-2H3. The van der Waals surface area contributed by atoms with E-state index in [9.17, 15) is 0 Å². The molecule has 0 fully saturated rings. The van der Waals surface area contributed by atoms with Crippen molar-refractivity contribution in [2.24, 2.45) is 0 Å². The van der Waals surface area contributed by atoms with E-state index in [4.69, 9.17) is 4.42 Å². The number of rotatable bonds is 6. The maximum atomic E-state index is 5.14. The van der Waals surface area contributed by atoms with E-state index in [0.717, 1.165) is 19.4 Å². The molecule has 1 N–H and O–H groups in total. The van der Waals surface area contributed by atoms with E-state index in [0.29, 0.717) is 6.04 Å². The maximum Gasteiger partial charge on any atom is 0.0935 e. The summed E-state index contributed by atoms with van der Waals surface area (Å²) < 4.78 is 5.14. The van der Waals surface area contributed by atoms with Crippen molar-refractivity contribution < 1.29 is 4.42 Å². The molecule has 0 saturated carbocycles. The van der Waals surface area contributed by atoms with Crippen LogP contribution < -0.4 is 5.32 Å². The average molecular weight is 244 g/mol. The highest BCUT2D eigenvalue weighted by molar-refractivity contribution is 5.27. The molecular formula is C15H20N2O. The molecule has 2 rings (SSSR count). The summed E-state index contributed by atoms with van der Waals surface area (Å²) in [5.74, 6) is 0. The molecule has 3 nitrogen and oxygen atoms in total. The Morgan fingerprint density at radius 1 is 1.39 bits per heavy atom. The Bertz CT molecular complexity index is 465. The molecule has 0 amide bonds. The normalized spacial score (nSPS) is 12.6. The number of hydrogen-bond acceptors (Lipinski definition) is 3. The van der Waals surface area contributed by atoms with Crippen molar-refractivity contribution in [1.29, 1.82) is 0 Å². The van der Waals surface area contributed by atoms with Gasteiger partial charge in [0.1, 0.15) is 0 Å². The quantitative estimate of drug-likeness (QED) is 0.847. The van der Waals surface area contributed by atoms with Gasteiger partial charge >= 0.3 is 0 Å². The van der Waals surface area contributed by atoms with Gasteiger partial charge in [-0.1, -0.05) is 6.92 Å². The molecule has 2 aromatic heterocycles. The summed E-state index contributed by atoms with van der Waals surface area (Å²) in [6.07, 6.45) is 9.40. The highest BCUT2D eigenvalue weighted by Gasteiger charge is 2.14. The van der Waals surface area contributed by atoms with Crippen LogP contribution in [-0.4, -0.2) is 11.5 Å². The molecule has 0 saturated heterocycles. The van der Waals surface area contributed by atoms with Crippen molar-refractivity contribution in [2.45, 2.75) is 32.7 Å². The molecule has 3 heteroatoms. The van der Waals surface area contributed by atoms with E-state index in [-0.39, 0.29) is 0 Å². The number of furan rings is 1. The van der Waals surface area contributed by atoms with Gasteiger partial charge in [0.25, 0.3) is 0 Å². The molecule has 2 heterocycles. The molecule has 1 atom stereocenters. The summed E-state index contributed by atoms with van der Waals surface area (Å²) in [7, 11) is 0. The number of nitrogens with zero attached hydrogens (tertiary/aromatic N) is 1. The van der Waals surface area contributed by atoms with E-state index in [2.05, 4.69) is 30.2 Å². The maximum absolute atomic E-state index is 5.14. The van der Waals surface area contributed by atoms with Gasteiger partial charge in [-0.15, -0.1) is 0 Å². The van der Waals surface area contributed by atoms with E-state index >= 15 is 0 Å². The summed E-state index contributed by atoms with van der Waals surface area (Å²) in [6, 6.07) is 4.38. The molecular weight excluding hydrogens is 224 g/mol. The average Bonchev–Trinajstić information content (AvgIpc) is 2.88. The molecule has 0 aliphatic heterocycles. The fraction of sp³-hybridized carbons (Fsp3) is 0.400. The Balaban J connectivity index is 2.16. The van der Waals surface area contributed by atoms with Gasteiger partial charge in [0, 0.05) is 18.4 Å². The molecule has 0 aliphatic carbocycles. The van der Waals surface area contributed by atoms with Crippen molar-refractivity contribution in [3.8, 4) is 0 Å². The third kappa shape index (κ3) is 3.20. The van der Waals surface area contributed by atoms with Crippen LogP contribution in [0.25, 0.3) is 0 Å². The van der Waals surface area contributed by atoms with Crippen LogP contribution in [0.1, 0.15) is 36.1 Å². The Hall–Kier alpha value is -1.61. The van der Waals surface area contributed by atoms with E-state index in [1.54, 1.807) is 6.26 Å². The summed E-state index contributed by atoms with van der Waals surface area (Å²) in [5.41, 5.74) is 3.76. The zero-order valence-corrected chi connectivity index (χ0v) is 11.0. The molecule has 2 aromatic rings. The summed E-state index contributed by atoms with van der Waals surface area (Å²) in [6.45, 7) is 5.32. The summed E-state index contributed by atoms with van der Waals surface area (Å²) in [4.78, 5) is 4.24. The Kier molecular flexibility index (Phi) is 4.53. The molecule has 0 bridgehead atoms. The van der Waals surface area contributed by atoms with Crippen molar-refractivity contribution in [1.82, 2.24) is 10.3 Å². The third-order valence-electron chi connectivity index (χ3n) is 3.12. The molecule has 0 aliphatic rings. The molecule has 18 heavy (non-hydrogen) atoms. The van der Waals surface area contributed by atoms with Crippen LogP contribution in [0.2, 0.25) is 0 Å². The largest absolute Gasteiger partial charge is 0.472 e. The molecule has 0 spiro atoms. The van der Waals surface area contributed by atoms with Gasteiger partial charge in [-0.3, -0.25) is 4.98 Å². The van der Waals surface area contributed by atoms with Crippen molar-refractivity contribution in [3.05, 3.63) is 53.7 Å². The zero-order chi connectivity index (χ0) is 12.8. The number of aromatic nitrogens is 1. The predicted molar refractivity (Wildman–Crippen MR) is 72.4 cm³/mol. The first-order valence-corrected chi connectivity index (χ1v) is 6.46. The number of aryl methyl sites for hydroxylation is 1. The highest BCUT2D eigenvalue weighted by Crippen LogP contribution is 2.21. The minimum Gasteiger partial charge on any atom is -0.472 e. The van der Waals surface area contributed by atoms with Crippen LogP contribution in [0, 0.1) is 6.92 Å². The zero-order valence-electron chi connectivity index (χ0n) is 11.0. The van der Waals surface area contributed by atoms with Gasteiger partial charge in [0.2, 0.25) is 0 Å². The van der Waals surface area contributed by atoms with E-state index < -0.39 is 0 Å². The van der Waals surface area contributed by atoms with Crippen LogP contribution >= 0.6 is 0 Å². The Morgan fingerprint density at radius 2 is 2.28 bits per heavy atom. The fourth-order valence-corrected chi connectivity index (χ4v) is 2.10. The lowest BCUT2D eigenvalue weighted by Crippen LogP contribution is -2.24. The second-order valence-corrected chi connectivity index (χ2v) is 4.57. The molecule has 0 radical (unpaired) electrons. The van der Waals surface area contributed by atoms with Crippen LogP contribution in [0.3, 0.4) is 0 Å². The number of hydrogen-bond donors (Lipinski definition) is 1. The second-order valence-electron chi connectivity index (χ2n) is 4.57. The lowest BCUT2D eigenvalue weighted by atomic mass is 9.98. The third-order valence-corrected chi connectivity index (χ3v) is 3.12. The Labute approximate surface area is 108 Å². The van der Waals surface area contributed by atoms with Crippen LogP contribution in [0.4, 0.5) is 0 Å². The first-order valence-electron chi connectivity index (χ1n) is 6.46. The van der Waals surface area contributed by atoms with Crippen molar-refractivity contribution in [2.75, 3.05) is 6.54 Å². The van der Waals surface area contributed by atoms with E-state index in [1.807, 2.05) is 24.7 Å². The van der Waals surface area contributed by atoms with Gasteiger partial charge in [0.05, 0.1) is 12.5 Å². The van der Waals surface area contributed by atoms with Gasteiger partial charge < -0.3 is 9.73 Å². The smallest absolute Gasteiger partial charge is 0.0935 e. The topological polar surface area (TPSA) is 38.1 Å². The van der Waals surface area contributed by atoms with Gasteiger partial charge in [-0.25, -0.2) is 0 Å². The van der Waals surface area contributed by atoms with Crippen LogP contribution in [-0.2, 0) is 6.42 Å². The summed E-state index contributed by atoms with van der Waals surface area (Å²) >= 11 is 0. The first kappa shape index (κ1) is 12.8. The minimum absolute atomic E-state index is 0.302. The van der Waals surface area contributed by atoms with E-state index in [1.165, 1.54) is 16.7 Å². The highest BCUT2D eigenvalue weighted by atomic mass is 16.3. The van der Waals surface area contributed by atoms with Gasteiger partial charge in [-0.05, 0) is 55.1 Å². The number of pyridine rings is 1. The fourth-order valence-electron chi connectivity index (χ4n) is 2.10. The molecule has 96 valence electrons. The monoisotopic (exact) mass is 244 g/mol. The van der Waals surface area contributed by atoms with Crippen molar-refractivity contribution >= 4 is 0 Å². The second kappa shape index (κ2) is 6.36. The summed E-state index contributed by atoms with van der Waals surface area (Å²) in [5, 5.41) is 3.58. The van der Waals surface area contributed by atoms with Gasteiger partial charge in [0.15, 0.2) is 0 Å². The minimum atomic E-state index is 0.302. The first-order chi connectivity index (χ1) is 8.81. The van der Waals surface area contributed by atoms with Gasteiger partial charge in [-0.2, -0.15) is 0 Å². The Morgan fingerprint density at radius 3 is 2.94 bits per heavy atom.